The quantitative estimate of drug-likeness (QED) is 0.784. The Morgan fingerprint density at radius 2 is 2.16 bits per heavy atom. The molecule has 7 heteroatoms. The van der Waals surface area contributed by atoms with E-state index in [0.29, 0.717) is 37.6 Å². The van der Waals surface area contributed by atoms with Crippen LogP contribution in [0.5, 0.6) is 0 Å². The average molecular weight is 380 g/mol. The van der Waals surface area contributed by atoms with E-state index >= 15 is 0 Å². The number of likely N-dealkylation sites (tertiary alicyclic amines) is 1. The molecule has 2 unspecified atom stereocenters. The lowest BCUT2D eigenvalue weighted by Gasteiger charge is -2.37. The van der Waals surface area contributed by atoms with Crippen molar-refractivity contribution in [1.29, 1.82) is 0 Å². The van der Waals surface area contributed by atoms with E-state index in [1.807, 2.05) is 24.3 Å². The number of benzene rings is 1. The third-order valence-corrected chi connectivity index (χ3v) is 6.08. The molecule has 3 rings (SSSR count). The predicted molar refractivity (Wildman–Crippen MR) is 101 cm³/mol. The number of hydrogen-bond donors (Lipinski definition) is 1. The van der Waals surface area contributed by atoms with Crippen molar-refractivity contribution in [2.75, 3.05) is 12.4 Å². The molecule has 2 heterocycles. The van der Waals surface area contributed by atoms with Crippen LogP contribution in [0, 0.1) is 5.92 Å². The molecule has 2 amide bonds. The highest BCUT2D eigenvalue weighted by molar-refractivity contribution is 7.18. The normalized spacial score (nSPS) is 20.8. The van der Waals surface area contributed by atoms with Crippen molar-refractivity contribution in [3.8, 4) is 0 Å². The van der Waals surface area contributed by atoms with Gasteiger partial charge >= 0.3 is 0 Å². The van der Waals surface area contributed by atoms with Gasteiger partial charge in [0.2, 0.25) is 11.8 Å². The summed E-state index contributed by atoms with van der Waals surface area (Å²) in [4.78, 5) is 30.6. The molecule has 5 nitrogen and oxygen atoms in total. The number of piperidine rings is 1. The summed E-state index contributed by atoms with van der Waals surface area (Å²) in [7, 11) is 0. The Labute approximate surface area is 156 Å². The van der Waals surface area contributed by atoms with Crippen LogP contribution in [0.15, 0.2) is 24.3 Å². The molecule has 1 aromatic carbocycles. The Bertz CT molecular complexity index is 731. The molecule has 2 N–H and O–H groups in total. The van der Waals surface area contributed by atoms with Crippen LogP contribution in [0.2, 0.25) is 0 Å². The Morgan fingerprint density at radius 1 is 1.36 bits per heavy atom. The predicted octanol–water partition coefficient (Wildman–Crippen LogP) is 2.95. The van der Waals surface area contributed by atoms with Crippen molar-refractivity contribution < 1.29 is 9.59 Å². The summed E-state index contributed by atoms with van der Waals surface area (Å²) in [5.41, 5.74) is 6.50. The second-order valence-corrected chi connectivity index (χ2v) is 7.94. The number of thiazole rings is 1. The highest BCUT2D eigenvalue weighted by atomic mass is 35.5. The Kier molecular flexibility index (Phi) is 5.91. The van der Waals surface area contributed by atoms with Crippen LogP contribution in [0.4, 0.5) is 0 Å². The van der Waals surface area contributed by atoms with Gasteiger partial charge in [-0.05, 0) is 37.3 Å². The van der Waals surface area contributed by atoms with Gasteiger partial charge in [0.15, 0.2) is 0 Å². The topological polar surface area (TPSA) is 76.3 Å². The van der Waals surface area contributed by atoms with Gasteiger partial charge in [0.1, 0.15) is 6.04 Å². The second-order valence-electron chi connectivity index (χ2n) is 6.45. The number of amides is 2. The van der Waals surface area contributed by atoms with Gasteiger partial charge in [-0.3, -0.25) is 9.59 Å². The zero-order valence-corrected chi connectivity index (χ0v) is 15.6. The van der Waals surface area contributed by atoms with Crippen LogP contribution >= 0.6 is 22.9 Å². The SMILES string of the molecule is NC(=O)C1CC(CCCl)CCN1C(=O)CCc1nc2ccccc2s1. The fraction of sp³-hybridized carbons (Fsp3) is 0.500. The lowest BCUT2D eigenvalue weighted by Crippen LogP contribution is -2.52. The molecule has 2 atom stereocenters. The molecule has 1 saturated heterocycles. The summed E-state index contributed by atoms with van der Waals surface area (Å²) in [6.45, 7) is 0.577. The van der Waals surface area contributed by atoms with Crippen molar-refractivity contribution in [3.05, 3.63) is 29.3 Å². The van der Waals surface area contributed by atoms with Gasteiger partial charge in [0.05, 0.1) is 15.2 Å². The first-order valence-corrected chi connectivity index (χ1v) is 9.92. The summed E-state index contributed by atoms with van der Waals surface area (Å²) in [5, 5.41) is 0.946. The van der Waals surface area contributed by atoms with Crippen LogP contribution < -0.4 is 5.73 Å². The van der Waals surface area contributed by atoms with Gasteiger partial charge in [-0.15, -0.1) is 22.9 Å². The number of rotatable bonds is 6. The van der Waals surface area contributed by atoms with Gasteiger partial charge in [0.25, 0.3) is 0 Å². The minimum Gasteiger partial charge on any atom is -0.368 e. The molecule has 1 aliphatic heterocycles. The molecular weight excluding hydrogens is 358 g/mol. The van der Waals surface area contributed by atoms with Crippen LogP contribution in [-0.2, 0) is 16.0 Å². The first kappa shape index (κ1) is 18.1. The molecule has 1 aliphatic rings. The van der Waals surface area contributed by atoms with Crippen molar-refractivity contribution in [2.45, 2.75) is 38.1 Å². The number of nitrogens with zero attached hydrogens (tertiary/aromatic N) is 2. The fourth-order valence-electron chi connectivity index (χ4n) is 3.41. The van der Waals surface area contributed by atoms with E-state index in [1.54, 1.807) is 16.2 Å². The van der Waals surface area contributed by atoms with Gasteiger partial charge < -0.3 is 10.6 Å². The standard InChI is InChI=1S/C18H22ClN3O2S/c19-9-7-12-8-10-22(14(11-12)18(20)24)17(23)6-5-16-21-13-3-1-2-4-15(13)25-16/h1-4,12,14H,5-11H2,(H2,20,24). The third-order valence-electron chi connectivity index (χ3n) is 4.77. The zero-order valence-electron chi connectivity index (χ0n) is 14.0. The highest BCUT2D eigenvalue weighted by Crippen LogP contribution is 2.27. The van der Waals surface area contributed by atoms with Crippen molar-refractivity contribution >= 4 is 45.0 Å². The van der Waals surface area contributed by atoms with Gasteiger partial charge in [0, 0.05) is 25.3 Å². The van der Waals surface area contributed by atoms with E-state index in [4.69, 9.17) is 17.3 Å². The van der Waals surface area contributed by atoms with Gasteiger partial charge in [-0.1, -0.05) is 12.1 Å². The number of alkyl halides is 1. The van der Waals surface area contributed by atoms with E-state index < -0.39 is 11.9 Å². The Hall–Kier alpha value is -1.66. The lowest BCUT2D eigenvalue weighted by molar-refractivity contribution is -0.142. The van der Waals surface area contributed by atoms with E-state index in [2.05, 4.69) is 4.98 Å². The highest BCUT2D eigenvalue weighted by Gasteiger charge is 2.34. The van der Waals surface area contributed by atoms with Crippen molar-refractivity contribution in [3.63, 3.8) is 0 Å². The van der Waals surface area contributed by atoms with Crippen LogP contribution in [0.3, 0.4) is 0 Å². The zero-order chi connectivity index (χ0) is 17.8. The summed E-state index contributed by atoms with van der Waals surface area (Å²) in [6.07, 6.45) is 3.30. The molecule has 1 fully saturated rings. The van der Waals surface area contributed by atoms with E-state index in [9.17, 15) is 9.59 Å². The molecule has 1 aromatic heterocycles. The molecule has 0 radical (unpaired) electrons. The summed E-state index contributed by atoms with van der Waals surface area (Å²) in [6, 6.07) is 7.44. The molecule has 0 spiro atoms. The number of hydrogen-bond acceptors (Lipinski definition) is 4. The summed E-state index contributed by atoms with van der Waals surface area (Å²) < 4.78 is 1.13. The molecule has 134 valence electrons. The smallest absolute Gasteiger partial charge is 0.240 e. The minimum atomic E-state index is -0.509. The Morgan fingerprint density at radius 3 is 2.88 bits per heavy atom. The maximum Gasteiger partial charge on any atom is 0.240 e. The Balaban J connectivity index is 1.62. The number of nitrogens with two attached hydrogens (primary N) is 1. The van der Waals surface area contributed by atoms with Gasteiger partial charge in [-0.2, -0.15) is 0 Å². The number of carbonyl (C=O) groups excluding carboxylic acids is 2. The van der Waals surface area contributed by atoms with Crippen LogP contribution in [0.1, 0.15) is 30.7 Å². The third kappa shape index (κ3) is 4.30. The molecule has 0 aliphatic carbocycles. The average Bonchev–Trinajstić information content (AvgIpc) is 3.03. The monoisotopic (exact) mass is 379 g/mol. The maximum absolute atomic E-state index is 12.6. The van der Waals surface area contributed by atoms with Gasteiger partial charge in [-0.25, -0.2) is 4.98 Å². The number of para-hydroxylation sites is 1. The number of fused-ring (bicyclic) bond motifs is 1. The van der Waals surface area contributed by atoms with Crippen molar-refractivity contribution in [1.82, 2.24) is 9.88 Å². The van der Waals surface area contributed by atoms with Crippen LogP contribution in [0.25, 0.3) is 10.2 Å². The van der Waals surface area contributed by atoms with E-state index in [-0.39, 0.29) is 5.91 Å². The number of primary amides is 1. The summed E-state index contributed by atoms with van der Waals surface area (Å²) in [5.74, 6) is 0.491. The lowest BCUT2D eigenvalue weighted by atomic mass is 9.88. The number of aryl methyl sites for hydroxylation is 1. The van der Waals surface area contributed by atoms with E-state index in [0.717, 1.165) is 28.1 Å². The molecule has 0 bridgehead atoms. The molecule has 2 aromatic rings. The number of carbonyl (C=O) groups is 2. The summed E-state index contributed by atoms with van der Waals surface area (Å²) >= 11 is 7.42. The maximum atomic E-state index is 12.6. The number of aromatic nitrogens is 1. The fourth-order valence-corrected chi connectivity index (χ4v) is 4.68. The van der Waals surface area contributed by atoms with Crippen LogP contribution in [-0.4, -0.2) is 40.2 Å². The minimum absolute atomic E-state index is 0.0209. The largest absolute Gasteiger partial charge is 0.368 e. The second kappa shape index (κ2) is 8.15. The molecule has 0 saturated carbocycles. The first-order valence-electron chi connectivity index (χ1n) is 8.57. The van der Waals surface area contributed by atoms with E-state index in [1.165, 1.54) is 0 Å². The molecule has 25 heavy (non-hydrogen) atoms. The number of halogens is 1. The van der Waals surface area contributed by atoms with Crippen molar-refractivity contribution in [2.24, 2.45) is 11.7 Å². The first-order chi connectivity index (χ1) is 12.1. The molecular formula is C18H22ClN3O2S.